The van der Waals surface area contributed by atoms with Crippen molar-refractivity contribution in [1.82, 2.24) is 10.3 Å². The number of fused-ring (bicyclic) bond motifs is 3. The molecule has 1 spiro atoms. The van der Waals surface area contributed by atoms with Gasteiger partial charge in [0.25, 0.3) is 0 Å². The van der Waals surface area contributed by atoms with Gasteiger partial charge in [-0.15, -0.1) is 0 Å². The predicted molar refractivity (Wildman–Crippen MR) is 135 cm³/mol. The Balaban J connectivity index is 1.42. The van der Waals surface area contributed by atoms with E-state index in [4.69, 9.17) is 14.6 Å². The Bertz CT molecular complexity index is 934. The van der Waals surface area contributed by atoms with Gasteiger partial charge < -0.3 is 25.0 Å². The topological polar surface area (TPSA) is 104 Å². The second-order valence-corrected chi connectivity index (χ2v) is 13.6. The summed E-state index contributed by atoms with van der Waals surface area (Å²) in [5, 5.41) is 33.3. The van der Waals surface area contributed by atoms with Crippen LogP contribution in [0.25, 0.3) is 0 Å². The lowest BCUT2D eigenvalue weighted by atomic mass is 9.42. The molecule has 36 heavy (non-hydrogen) atoms. The highest BCUT2D eigenvalue weighted by atomic mass is 16.5. The zero-order valence-electron chi connectivity index (χ0n) is 22.6. The monoisotopic (exact) mass is 503 g/mol. The van der Waals surface area contributed by atoms with Crippen LogP contribution in [0.5, 0.6) is 0 Å². The molecule has 3 aliphatic heterocycles. The van der Waals surface area contributed by atoms with Crippen molar-refractivity contribution in [2.75, 3.05) is 26.3 Å². The Labute approximate surface area is 215 Å². The van der Waals surface area contributed by atoms with Crippen LogP contribution in [-0.4, -0.2) is 83.1 Å². The van der Waals surface area contributed by atoms with E-state index in [1.807, 2.05) is 0 Å². The lowest BCUT2D eigenvalue weighted by molar-refractivity contribution is -0.325. The van der Waals surface area contributed by atoms with E-state index in [9.17, 15) is 15.0 Å². The van der Waals surface area contributed by atoms with Crippen LogP contribution in [0.3, 0.4) is 0 Å². The van der Waals surface area contributed by atoms with Gasteiger partial charge in [-0.05, 0) is 44.4 Å². The smallest absolute Gasteiger partial charge is 0.223 e. The molecular formula is C28H45N3O5. The second-order valence-electron chi connectivity index (χ2n) is 13.6. The molecule has 0 aromatic rings. The molecule has 6 fully saturated rings. The summed E-state index contributed by atoms with van der Waals surface area (Å²) >= 11 is 0. The van der Waals surface area contributed by atoms with Crippen LogP contribution in [-0.2, 0) is 14.3 Å². The first kappa shape index (κ1) is 25.1. The Morgan fingerprint density at radius 3 is 2.53 bits per heavy atom. The summed E-state index contributed by atoms with van der Waals surface area (Å²) in [6.07, 6.45) is 2.65. The third-order valence-electron chi connectivity index (χ3n) is 11.6. The van der Waals surface area contributed by atoms with E-state index in [1.165, 1.54) is 0 Å². The quantitative estimate of drug-likeness (QED) is 0.507. The maximum absolute atomic E-state index is 12.8. The van der Waals surface area contributed by atoms with Crippen LogP contribution in [0.4, 0.5) is 0 Å². The molecule has 202 valence electrons. The van der Waals surface area contributed by atoms with E-state index in [0.717, 1.165) is 38.1 Å². The number of amides is 1. The molecule has 6 rings (SSSR count). The van der Waals surface area contributed by atoms with Crippen LogP contribution < -0.4 is 5.32 Å². The van der Waals surface area contributed by atoms with Gasteiger partial charge in [-0.25, -0.2) is 0 Å². The summed E-state index contributed by atoms with van der Waals surface area (Å²) in [7, 11) is 0. The molecule has 1 amide bonds. The first-order valence-corrected chi connectivity index (χ1v) is 14.3. The minimum Gasteiger partial charge on any atom is -0.393 e. The molecule has 11 atom stereocenters. The van der Waals surface area contributed by atoms with E-state index in [1.54, 1.807) is 0 Å². The fraction of sp³-hybridized carbons (Fsp3) is 0.929. The molecule has 3 N–H and O–H groups in total. The minimum atomic E-state index is -0.690. The number of nitrogens with zero attached hydrogens (tertiary/aromatic N) is 2. The molecule has 8 nitrogen and oxygen atoms in total. The highest BCUT2D eigenvalue weighted by Gasteiger charge is 2.71. The highest BCUT2D eigenvalue weighted by Crippen LogP contribution is 2.68. The zero-order chi connectivity index (χ0) is 25.6. The summed E-state index contributed by atoms with van der Waals surface area (Å²) in [4.78, 5) is 12.8. The number of nitrogens with one attached hydrogen (secondary N) is 1. The van der Waals surface area contributed by atoms with Crippen molar-refractivity contribution in [3.63, 3.8) is 0 Å². The first-order valence-electron chi connectivity index (χ1n) is 14.3. The third kappa shape index (κ3) is 3.33. The van der Waals surface area contributed by atoms with E-state index in [-0.39, 0.29) is 52.6 Å². The second kappa shape index (κ2) is 8.39. The lowest BCUT2D eigenvalue weighted by Gasteiger charge is -2.70. The molecule has 8 heteroatoms. The first-order chi connectivity index (χ1) is 17.0. The normalized spacial score (nSPS) is 53.2. The summed E-state index contributed by atoms with van der Waals surface area (Å²) in [6, 6.07) is 0.0303. The summed E-state index contributed by atoms with van der Waals surface area (Å²) in [5.74, 6) is 0.552. The number of ether oxygens (including phenoxy) is 2. The van der Waals surface area contributed by atoms with Crippen LogP contribution in [0, 0.1) is 40.4 Å². The van der Waals surface area contributed by atoms with Crippen molar-refractivity contribution in [1.29, 1.82) is 0 Å². The standard InChI is InChI=1S/C28H45N3O5/c1-15-6-7-21-26(3,4)24(30-31-8-10-35-11-9-31)20(33)14-28(21)27(15,5)13-18-19(32)12-17-22(23(18)36-28)16(2)29-25(17)34/h15-23,32-33H,6-14H2,1-5H3,(H,29,34). The van der Waals surface area contributed by atoms with Gasteiger partial charge in [0.2, 0.25) is 5.91 Å². The van der Waals surface area contributed by atoms with Gasteiger partial charge in [0, 0.05) is 41.0 Å². The van der Waals surface area contributed by atoms with E-state index in [0.29, 0.717) is 32.0 Å². The predicted octanol–water partition coefficient (Wildman–Crippen LogP) is 2.18. The van der Waals surface area contributed by atoms with Gasteiger partial charge in [-0.1, -0.05) is 27.7 Å². The molecule has 3 saturated heterocycles. The average molecular weight is 504 g/mol. The van der Waals surface area contributed by atoms with Crippen LogP contribution in [0.1, 0.15) is 66.7 Å². The number of hydrogen-bond acceptors (Lipinski definition) is 7. The van der Waals surface area contributed by atoms with Gasteiger partial charge >= 0.3 is 0 Å². The van der Waals surface area contributed by atoms with Crippen molar-refractivity contribution in [2.24, 2.45) is 45.5 Å². The fourth-order valence-corrected chi connectivity index (χ4v) is 9.55. The van der Waals surface area contributed by atoms with Gasteiger partial charge in [-0.3, -0.25) is 9.80 Å². The minimum absolute atomic E-state index is 0.0156. The Morgan fingerprint density at radius 2 is 1.81 bits per heavy atom. The number of carbonyl (C=O) groups excluding carboxylic acids is 1. The van der Waals surface area contributed by atoms with Crippen molar-refractivity contribution in [3.8, 4) is 0 Å². The number of rotatable bonds is 1. The number of morpholine rings is 1. The number of carbonyl (C=O) groups is 1. The summed E-state index contributed by atoms with van der Waals surface area (Å²) in [5.41, 5.74) is -0.166. The molecule has 3 saturated carbocycles. The van der Waals surface area contributed by atoms with Gasteiger partial charge in [0.1, 0.15) is 0 Å². The van der Waals surface area contributed by atoms with Gasteiger partial charge in [0.05, 0.1) is 55.9 Å². The van der Waals surface area contributed by atoms with E-state index >= 15 is 0 Å². The average Bonchev–Trinajstić information content (AvgIpc) is 3.10. The summed E-state index contributed by atoms with van der Waals surface area (Å²) < 4.78 is 12.9. The SMILES string of the molecule is CC1NC(=O)C2CC(O)C3CC4(C)C(C)CCC5C(C)(C)C(=NN6CCOCC6)C(O)CC54OC3C12. The van der Waals surface area contributed by atoms with Crippen molar-refractivity contribution >= 4 is 11.6 Å². The van der Waals surface area contributed by atoms with Crippen LogP contribution >= 0.6 is 0 Å². The number of hydrogen-bond donors (Lipinski definition) is 3. The third-order valence-corrected chi connectivity index (χ3v) is 11.6. The highest BCUT2D eigenvalue weighted by molar-refractivity contribution is 5.94. The Hall–Kier alpha value is -1.22. The van der Waals surface area contributed by atoms with Gasteiger partial charge in [-0.2, -0.15) is 5.10 Å². The molecule has 6 aliphatic rings. The maximum Gasteiger partial charge on any atom is 0.223 e. The number of aliphatic hydroxyl groups is 2. The molecule has 0 radical (unpaired) electrons. The van der Waals surface area contributed by atoms with Gasteiger partial charge in [0.15, 0.2) is 0 Å². The maximum atomic E-state index is 12.8. The largest absolute Gasteiger partial charge is 0.393 e. The number of aliphatic hydroxyl groups excluding tert-OH is 2. The molecule has 0 aromatic heterocycles. The Kier molecular flexibility index (Phi) is 5.84. The van der Waals surface area contributed by atoms with Crippen molar-refractivity contribution in [2.45, 2.75) is 96.7 Å². The van der Waals surface area contributed by atoms with E-state index < -0.39 is 17.8 Å². The van der Waals surface area contributed by atoms with Crippen molar-refractivity contribution in [3.05, 3.63) is 0 Å². The zero-order valence-corrected chi connectivity index (χ0v) is 22.6. The number of hydrazone groups is 1. The Morgan fingerprint density at radius 1 is 1.08 bits per heavy atom. The molecule has 0 aromatic carbocycles. The van der Waals surface area contributed by atoms with Crippen LogP contribution in [0.2, 0.25) is 0 Å². The summed E-state index contributed by atoms with van der Waals surface area (Å²) in [6.45, 7) is 14.1. The fourth-order valence-electron chi connectivity index (χ4n) is 9.55. The molecular weight excluding hydrogens is 458 g/mol. The van der Waals surface area contributed by atoms with Crippen LogP contribution in [0.15, 0.2) is 5.10 Å². The molecule has 0 bridgehead atoms. The molecule has 11 unspecified atom stereocenters. The van der Waals surface area contributed by atoms with E-state index in [2.05, 4.69) is 44.9 Å². The van der Waals surface area contributed by atoms with Crippen molar-refractivity contribution < 1.29 is 24.5 Å². The molecule has 3 aliphatic carbocycles. The lowest BCUT2D eigenvalue weighted by Crippen LogP contribution is -2.74. The molecule has 3 heterocycles.